The molecule has 1 fully saturated rings. The van der Waals surface area contributed by atoms with Crippen LogP contribution in [0.1, 0.15) is 31.4 Å². The predicted octanol–water partition coefficient (Wildman–Crippen LogP) is 3.66. The molecule has 3 nitrogen and oxygen atoms in total. The van der Waals surface area contributed by atoms with Crippen molar-refractivity contribution in [2.45, 2.75) is 49.0 Å². The number of fused-ring (bicyclic) bond motifs is 1. The van der Waals surface area contributed by atoms with Crippen molar-refractivity contribution in [3.05, 3.63) is 28.8 Å². The molecule has 4 atom stereocenters. The summed E-state index contributed by atoms with van der Waals surface area (Å²) in [6.45, 7) is 2.78. The zero-order chi connectivity index (χ0) is 14.8. The summed E-state index contributed by atoms with van der Waals surface area (Å²) in [5.41, 5.74) is 1.33. The summed E-state index contributed by atoms with van der Waals surface area (Å²) in [5.74, 6) is 1.14. The van der Waals surface area contributed by atoms with Crippen LogP contribution >= 0.6 is 23.4 Å². The highest BCUT2D eigenvalue weighted by atomic mass is 35.5. The second-order valence-corrected chi connectivity index (χ2v) is 7.15. The molecule has 0 radical (unpaired) electrons. The zero-order valence-electron chi connectivity index (χ0n) is 12.5. The lowest BCUT2D eigenvalue weighted by Gasteiger charge is -2.45. The van der Waals surface area contributed by atoms with Gasteiger partial charge in [-0.1, -0.05) is 11.6 Å². The molecule has 3 rings (SSSR count). The van der Waals surface area contributed by atoms with Crippen molar-refractivity contribution in [2.75, 3.05) is 19.5 Å². The van der Waals surface area contributed by atoms with Gasteiger partial charge in [-0.15, -0.1) is 11.8 Å². The molecule has 1 aromatic carbocycles. The van der Waals surface area contributed by atoms with E-state index in [0.29, 0.717) is 12.1 Å². The number of halogens is 1. The Morgan fingerprint density at radius 3 is 3.05 bits per heavy atom. The third-order valence-corrected chi connectivity index (χ3v) is 5.69. The van der Waals surface area contributed by atoms with Gasteiger partial charge in [-0.2, -0.15) is 0 Å². The molecule has 116 valence electrons. The van der Waals surface area contributed by atoms with Gasteiger partial charge in [0, 0.05) is 35.7 Å². The molecule has 5 heteroatoms. The molecule has 0 amide bonds. The monoisotopic (exact) mass is 327 g/mol. The van der Waals surface area contributed by atoms with E-state index in [-0.39, 0.29) is 12.2 Å². The Labute approximate surface area is 135 Å². The van der Waals surface area contributed by atoms with Gasteiger partial charge in [0.25, 0.3) is 0 Å². The molecule has 1 saturated carbocycles. The Morgan fingerprint density at radius 1 is 1.43 bits per heavy atom. The number of methoxy groups -OCH3 is 1. The first-order valence-corrected chi connectivity index (χ1v) is 8.92. The molecule has 1 aliphatic carbocycles. The van der Waals surface area contributed by atoms with Crippen LogP contribution in [0, 0.1) is 0 Å². The summed E-state index contributed by atoms with van der Waals surface area (Å²) >= 11 is 8.08. The largest absolute Gasteiger partial charge is 0.377 e. The highest BCUT2D eigenvalue weighted by molar-refractivity contribution is 7.99. The molecule has 0 aromatic heterocycles. The van der Waals surface area contributed by atoms with E-state index in [4.69, 9.17) is 21.1 Å². The number of rotatable bonds is 5. The molecule has 1 heterocycles. The van der Waals surface area contributed by atoms with Gasteiger partial charge in [0.15, 0.2) is 0 Å². The Bertz CT molecular complexity index is 499. The summed E-state index contributed by atoms with van der Waals surface area (Å²) < 4.78 is 11.3. The minimum atomic E-state index is 0.155. The lowest BCUT2D eigenvalue weighted by molar-refractivity contribution is -0.133. The van der Waals surface area contributed by atoms with Gasteiger partial charge in [-0.3, -0.25) is 0 Å². The van der Waals surface area contributed by atoms with Crippen molar-refractivity contribution in [1.82, 2.24) is 5.32 Å². The van der Waals surface area contributed by atoms with E-state index in [0.717, 1.165) is 30.2 Å². The average Bonchev–Trinajstić information content (AvgIpc) is 2.46. The van der Waals surface area contributed by atoms with Crippen LogP contribution in [0.25, 0.3) is 0 Å². The van der Waals surface area contributed by atoms with Gasteiger partial charge in [-0.25, -0.2) is 0 Å². The van der Waals surface area contributed by atoms with E-state index in [1.165, 1.54) is 10.5 Å². The van der Waals surface area contributed by atoms with Crippen LogP contribution in [0.5, 0.6) is 0 Å². The number of benzene rings is 1. The maximum absolute atomic E-state index is 6.17. The molecule has 4 unspecified atom stereocenters. The van der Waals surface area contributed by atoms with Crippen LogP contribution in [0.15, 0.2) is 23.1 Å². The highest BCUT2D eigenvalue weighted by Gasteiger charge is 2.43. The molecule has 0 bridgehead atoms. The third kappa shape index (κ3) is 3.25. The van der Waals surface area contributed by atoms with E-state index in [1.54, 1.807) is 7.11 Å². The van der Waals surface area contributed by atoms with Crippen LogP contribution in [-0.2, 0) is 9.47 Å². The lowest BCUT2D eigenvalue weighted by Crippen LogP contribution is -2.60. The molecular weight excluding hydrogens is 306 g/mol. The van der Waals surface area contributed by atoms with Crippen molar-refractivity contribution < 1.29 is 9.47 Å². The topological polar surface area (TPSA) is 30.5 Å². The molecule has 0 saturated heterocycles. The van der Waals surface area contributed by atoms with Crippen LogP contribution in [0.2, 0.25) is 5.02 Å². The Balaban J connectivity index is 1.68. The fourth-order valence-electron chi connectivity index (χ4n) is 3.23. The van der Waals surface area contributed by atoms with Gasteiger partial charge in [-0.05, 0) is 49.3 Å². The summed E-state index contributed by atoms with van der Waals surface area (Å²) in [4.78, 5) is 1.35. The summed E-state index contributed by atoms with van der Waals surface area (Å²) in [6.07, 6.45) is 2.53. The van der Waals surface area contributed by atoms with E-state index < -0.39 is 0 Å². The minimum absolute atomic E-state index is 0.155. The quantitative estimate of drug-likeness (QED) is 0.894. The van der Waals surface area contributed by atoms with Crippen LogP contribution in [0.4, 0.5) is 0 Å². The number of thioether (sulfide) groups is 1. The van der Waals surface area contributed by atoms with Crippen molar-refractivity contribution in [2.24, 2.45) is 0 Å². The summed E-state index contributed by atoms with van der Waals surface area (Å²) in [6, 6.07) is 6.94. The molecular formula is C16H22ClNO2S. The maximum Gasteiger partial charge on any atom is 0.0987 e. The van der Waals surface area contributed by atoms with Crippen LogP contribution in [-0.4, -0.2) is 37.7 Å². The molecule has 1 aromatic rings. The van der Waals surface area contributed by atoms with Crippen molar-refractivity contribution in [3.63, 3.8) is 0 Å². The van der Waals surface area contributed by atoms with Gasteiger partial charge in [0.05, 0.1) is 12.2 Å². The predicted molar refractivity (Wildman–Crippen MR) is 87.3 cm³/mol. The summed E-state index contributed by atoms with van der Waals surface area (Å²) in [5, 5.41) is 4.56. The van der Waals surface area contributed by atoms with Crippen LogP contribution < -0.4 is 5.32 Å². The van der Waals surface area contributed by atoms with Gasteiger partial charge < -0.3 is 14.8 Å². The first kappa shape index (κ1) is 15.6. The van der Waals surface area contributed by atoms with Gasteiger partial charge >= 0.3 is 0 Å². The Hall–Kier alpha value is -0.260. The minimum Gasteiger partial charge on any atom is -0.377 e. The molecule has 0 spiro atoms. The van der Waals surface area contributed by atoms with Crippen molar-refractivity contribution >= 4 is 23.4 Å². The second kappa shape index (κ2) is 6.88. The summed E-state index contributed by atoms with van der Waals surface area (Å²) in [7, 11) is 1.77. The van der Waals surface area contributed by atoms with Crippen molar-refractivity contribution in [3.8, 4) is 0 Å². The number of ether oxygens (including phenoxy) is 2. The standard InChI is InChI=1S/C16H22ClNO2S/c1-3-20-14-9-13(16(14)19-2)18-12-6-7-21-15-5-4-10(17)8-11(12)15/h4-5,8,12-14,16,18H,3,6-7,9H2,1-2H3. The molecule has 21 heavy (non-hydrogen) atoms. The highest BCUT2D eigenvalue weighted by Crippen LogP contribution is 2.39. The average molecular weight is 328 g/mol. The zero-order valence-corrected chi connectivity index (χ0v) is 14.0. The van der Waals surface area contributed by atoms with Gasteiger partial charge in [0.1, 0.15) is 0 Å². The van der Waals surface area contributed by atoms with Crippen molar-refractivity contribution in [1.29, 1.82) is 0 Å². The number of nitrogens with one attached hydrogen (secondary N) is 1. The molecule has 1 N–H and O–H groups in total. The number of hydrogen-bond acceptors (Lipinski definition) is 4. The normalized spacial score (nSPS) is 31.6. The first-order chi connectivity index (χ1) is 10.2. The van der Waals surface area contributed by atoms with E-state index in [1.807, 2.05) is 24.8 Å². The smallest absolute Gasteiger partial charge is 0.0987 e. The first-order valence-electron chi connectivity index (χ1n) is 7.55. The number of hydrogen-bond donors (Lipinski definition) is 1. The Kier molecular flexibility index (Phi) is 5.12. The van der Waals surface area contributed by atoms with E-state index in [9.17, 15) is 0 Å². The fourth-order valence-corrected chi connectivity index (χ4v) is 4.52. The van der Waals surface area contributed by atoms with Gasteiger partial charge in [0.2, 0.25) is 0 Å². The van der Waals surface area contributed by atoms with E-state index >= 15 is 0 Å². The Morgan fingerprint density at radius 2 is 2.29 bits per heavy atom. The SMILES string of the molecule is CCOC1CC(NC2CCSc3ccc(Cl)cc32)C1OC. The van der Waals surface area contributed by atoms with E-state index in [2.05, 4.69) is 17.4 Å². The fraction of sp³-hybridized carbons (Fsp3) is 0.625. The third-order valence-electron chi connectivity index (χ3n) is 4.33. The molecule has 2 aliphatic rings. The lowest BCUT2D eigenvalue weighted by atomic mass is 9.84. The maximum atomic E-state index is 6.17. The molecule has 1 aliphatic heterocycles. The van der Waals surface area contributed by atoms with Crippen LogP contribution in [0.3, 0.4) is 0 Å². The second-order valence-electron chi connectivity index (χ2n) is 5.57.